The highest BCUT2D eigenvalue weighted by atomic mass is 15.1. The molecule has 0 bridgehead atoms. The fourth-order valence-electron chi connectivity index (χ4n) is 2.20. The molecule has 0 radical (unpaired) electrons. The molecule has 2 aromatic heterocycles. The van der Waals surface area contributed by atoms with E-state index in [4.69, 9.17) is 5.73 Å². The Labute approximate surface area is 114 Å². The van der Waals surface area contributed by atoms with Gasteiger partial charge in [-0.05, 0) is 37.7 Å². The van der Waals surface area contributed by atoms with Crippen LogP contribution < -0.4 is 5.73 Å². The molecule has 0 fully saturated rings. The van der Waals surface area contributed by atoms with Crippen LogP contribution in [0.3, 0.4) is 0 Å². The van der Waals surface area contributed by atoms with E-state index in [0.717, 1.165) is 23.5 Å². The first kappa shape index (κ1) is 13.6. The van der Waals surface area contributed by atoms with Gasteiger partial charge in [0.1, 0.15) is 0 Å². The molecule has 19 heavy (non-hydrogen) atoms. The van der Waals surface area contributed by atoms with Gasteiger partial charge in [-0.25, -0.2) is 0 Å². The second kappa shape index (κ2) is 6.41. The van der Waals surface area contributed by atoms with Gasteiger partial charge in [0.05, 0.1) is 5.69 Å². The fraction of sp³-hybridized carbons (Fsp3) is 0.333. The lowest BCUT2D eigenvalue weighted by Crippen LogP contribution is -2.30. The van der Waals surface area contributed by atoms with E-state index in [-0.39, 0.29) is 6.04 Å². The van der Waals surface area contributed by atoms with Crippen LogP contribution in [0, 0.1) is 6.92 Å². The number of pyridine rings is 2. The number of nitrogens with two attached hydrogens (primary N) is 1. The molecule has 2 N–H and O–H groups in total. The van der Waals surface area contributed by atoms with Gasteiger partial charge in [-0.1, -0.05) is 12.1 Å². The molecule has 0 aliphatic heterocycles. The lowest BCUT2D eigenvalue weighted by Gasteiger charge is -2.26. The highest BCUT2D eigenvalue weighted by Crippen LogP contribution is 2.18. The third kappa shape index (κ3) is 3.59. The predicted octanol–water partition coefficient (Wildman–Crippen LogP) is 1.92. The average molecular weight is 256 g/mol. The first-order valence-electron chi connectivity index (χ1n) is 6.43. The van der Waals surface area contributed by atoms with Crippen molar-refractivity contribution in [3.05, 3.63) is 59.7 Å². The van der Waals surface area contributed by atoms with Gasteiger partial charge in [-0.2, -0.15) is 0 Å². The molecule has 0 aliphatic carbocycles. The minimum atomic E-state index is 0.163. The minimum Gasteiger partial charge on any atom is -0.329 e. The van der Waals surface area contributed by atoms with Gasteiger partial charge >= 0.3 is 0 Å². The number of rotatable bonds is 5. The lowest BCUT2D eigenvalue weighted by molar-refractivity contribution is 0.238. The monoisotopic (exact) mass is 256 g/mol. The van der Waals surface area contributed by atoms with E-state index in [1.165, 1.54) is 0 Å². The Morgan fingerprint density at radius 1 is 1.26 bits per heavy atom. The number of hydrogen-bond acceptors (Lipinski definition) is 4. The number of aryl methyl sites for hydroxylation is 1. The quantitative estimate of drug-likeness (QED) is 0.888. The molecule has 0 amide bonds. The SMILES string of the molecule is Cc1cccc(CN(C)C(CN)c2cccnc2)n1. The third-order valence-electron chi connectivity index (χ3n) is 3.18. The van der Waals surface area contributed by atoms with Crippen molar-refractivity contribution in [2.24, 2.45) is 5.73 Å². The van der Waals surface area contributed by atoms with E-state index >= 15 is 0 Å². The smallest absolute Gasteiger partial charge is 0.0547 e. The summed E-state index contributed by atoms with van der Waals surface area (Å²) >= 11 is 0. The minimum absolute atomic E-state index is 0.163. The molecule has 0 saturated carbocycles. The second-order valence-corrected chi connectivity index (χ2v) is 4.72. The number of aromatic nitrogens is 2. The number of nitrogens with zero attached hydrogens (tertiary/aromatic N) is 3. The largest absolute Gasteiger partial charge is 0.329 e. The normalized spacial score (nSPS) is 12.6. The van der Waals surface area contributed by atoms with Crippen molar-refractivity contribution in [1.29, 1.82) is 0 Å². The third-order valence-corrected chi connectivity index (χ3v) is 3.18. The molecule has 4 nitrogen and oxygen atoms in total. The zero-order valence-corrected chi connectivity index (χ0v) is 11.5. The number of hydrogen-bond donors (Lipinski definition) is 1. The van der Waals surface area contributed by atoms with Crippen LogP contribution in [0.15, 0.2) is 42.7 Å². The Balaban J connectivity index is 2.11. The molecular formula is C15H20N4. The maximum atomic E-state index is 5.90. The van der Waals surface area contributed by atoms with Crippen molar-refractivity contribution < 1.29 is 0 Å². The molecule has 0 spiro atoms. The number of likely N-dealkylation sites (N-methyl/N-ethyl adjacent to an activating group) is 1. The Kier molecular flexibility index (Phi) is 4.60. The Bertz CT molecular complexity index is 513. The van der Waals surface area contributed by atoms with Crippen LogP contribution >= 0.6 is 0 Å². The highest BCUT2D eigenvalue weighted by Gasteiger charge is 2.16. The summed E-state index contributed by atoms with van der Waals surface area (Å²) in [7, 11) is 2.06. The molecule has 100 valence electrons. The summed E-state index contributed by atoms with van der Waals surface area (Å²) in [6.45, 7) is 3.34. The van der Waals surface area contributed by atoms with Crippen LogP contribution in [0.25, 0.3) is 0 Å². The van der Waals surface area contributed by atoms with E-state index in [0.29, 0.717) is 6.54 Å². The molecule has 4 heteroatoms. The molecule has 0 aromatic carbocycles. The van der Waals surface area contributed by atoms with Crippen LogP contribution in [0.1, 0.15) is 23.0 Å². The van der Waals surface area contributed by atoms with Crippen LogP contribution in [0.5, 0.6) is 0 Å². The molecule has 2 heterocycles. The van der Waals surface area contributed by atoms with Gasteiger partial charge in [0.15, 0.2) is 0 Å². The van der Waals surface area contributed by atoms with Crippen molar-refractivity contribution in [3.63, 3.8) is 0 Å². The molecule has 0 saturated heterocycles. The second-order valence-electron chi connectivity index (χ2n) is 4.72. The Hall–Kier alpha value is -1.78. The molecule has 2 rings (SSSR count). The maximum Gasteiger partial charge on any atom is 0.0547 e. The van der Waals surface area contributed by atoms with Crippen molar-refractivity contribution >= 4 is 0 Å². The summed E-state index contributed by atoms with van der Waals surface area (Å²) in [6, 6.07) is 10.2. The van der Waals surface area contributed by atoms with Gasteiger partial charge in [0, 0.05) is 37.2 Å². The van der Waals surface area contributed by atoms with E-state index in [9.17, 15) is 0 Å². The van der Waals surface area contributed by atoms with Gasteiger partial charge in [0.25, 0.3) is 0 Å². The van der Waals surface area contributed by atoms with E-state index in [1.807, 2.05) is 37.4 Å². The van der Waals surface area contributed by atoms with Gasteiger partial charge in [-0.15, -0.1) is 0 Å². The molecular weight excluding hydrogens is 236 g/mol. The first-order valence-corrected chi connectivity index (χ1v) is 6.43. The van der Waals surface area contributed by atoms with E-state index < -0.39 is 0 Å². The molecule has 2 aromatic rings. The topological polar surface area (TPSA) is 55.0 Å². The van der Waals surface area contributed by atoms with Crippen molar-refractivity contribution in [1.82, 2.24) is 14.9 Å². The first-order chi connectivity index (χ1) is 9.20. The van der Waals surface area contributed by atoms with Crippen molar-refractivity contribution in [3.8, 4) is 0 Å². The van der Waals surface area contributed by atoms with Gasteiger partial charge in [-0.3, -0.25) is 14.9 Å². The Morgan fingerprint density at radius 2 is 2.11 bits per heavy atom. The summed E-state index contributed by atoms with van der Waals surface area (Å²) in [5, 5.41) is 0. The van der Waals surface area contributed by atoms with Crippen LogP contribution in [-0.4, -0.2) is 28.5 Å². The van der Waals surface area contributed by atoms with Gasteiger partial charge in [0.2, 0.25) is 0 Å². The summed E-state index contributed by atoms with van der Waals surface area (Å²) < 4.78 is 0. The predicted molar refractivity (Wildman–Crippen MR) is 76.5 cm³/mol. The highest BCUT2D eigenvalue weighted by molar-refractivity contribution is 5.15. The van der Waals surface area contributed by atoms with Crippen molar-refractivity contribution in [2.45, 2.75) is 19.5 Å². The average Bonchev–Trinajstić information content (AvgIpc) is 2.41. The standard InChI is InChI=1S/C15H20N4/c1-12-5-3-7-14(18-12)11-19(2)15(9-16)13-6-4-8-17-10-13/h3-8,10,15H,9,11,16H2,1-2H3. The molecule has 1 unspecified atom stereocenters. The zero-order valence-electron chi connectivity index (χ0n) is 11.5. The van der Waals surface area contributed by atoms with Gasteiger partial charge < -0.3 is 5.73 Å². The zero-order chi connectivity index (χ0) is 13.7. The van der Waals surface area contributed by atoms with Crippen LogP contribution in [0.4, 0.5) is 0 Å². The van der Waals surface area contributed by atoms with Crippen LogP contribution in [-0.2, 0) is 6.54 Å². The van der Waals surface area contributed by atoms with E-state index in [2.05, 4.69) is 28.0 Å². The van der Waals surface area contributed by atoms with E-state index in [1.54, 1.807) is 6.20 Å². The summed E-state index contributed by atoms with van der Waals surface area (Å²) in [5.74, 6) is 0. The molecule has 0 aliphatic rings. The van der Waals surface area contributed by atoms with Crippen molar-refractivity contribution in [2.75, 3.05) is 13.6 Å². The molecule has 1 atom stereocenters. The fourth-order valence-corrected chi connectivity index (χ4v) is 2.20. The summed E-state index contributed by atoms with van der Waals surface area (Å²) in [6.07, 6.45) is 3.65. The summed E-state index contributed by atoms with van der Waals surface area (Å²) in [4.78, 5) is 10.9. The Morgan fingerprint density at radius 3 is 2.74 bits per heavy atom. The maximum absolute atomic E-state index is 5.90. The van der Waals surface area contributed by atoms with Crippen LogP contribution in [0.2, 0.25) is 0 Å². The summed E-state index contributed by atoms with van der Waals surface area (Å²) in [5.41, 5.74) is 9.14. The lowest BCUT2D eigenvalue weighted by atomic mass is 10.1.